The first-order valence-electron chi connectivity index (χ1n) is 10.8. The molecule has 1 aliphatic heterocycles. The summed E-state index contributed by atoms with van der Waals surface area (Å²) in [4.78, 5) is 53.4. The first kappa shape index (κ1) is 22.9. The largest absolute Gasteiger partial charge is 0.496 e. The van der Waals surface area contributed by atoms with Crippen molar-refractivity contribution in [2.45, 2.75) is 13.0 Å². The number of para-hydroxylation sites is 1. The van der Waals surface area contributed by atoms with Crippen LogP contribution in [0.2, 0.25) is 0 Å². The van der Waals surface area contributed by atoms with Crippen molar-refractivity contribution in [2.24, 2.45) is 5.92 Å². The fourth-order valence-electron chi connectivity index (χ4n) is 4.19. The standard InChI is InChI=1S/C27H23NO6/c1-3-34-27(32)18-13-15-19(16-14-18)28-23(17-9-5-4-6-10-17)22(25(30)26(28)31)24(29)20-11-7-8-12-21(20)33-2/h4-16,22-23H,3H2,1-2H3. The van der Waals surface area contributed by atoms with Crippen molar-refractivity contribution in [2.75, 3.05) is 18.6 Å². The number of benzene rings is 3. The highest BCUT2D eigenvalue weighted by Crippen LogP contribution is 2.42. The first-order chi connectivity index (χ1) is 16.5. The monoisotopic (exact) mass is 457 g/mol. The third-order valence-corrected chi connectivity index (χ3v) is 5.76. The highest BCUT2D eigenvalue weighted by Gasteiger charge is 2.52. The number of methoxy groups -OCH3 is 1. The van der Waals surface area contributed by atoms with Crippen LogP contribution in [0.1, 0.15) is 39.2 Å². The fourth-order valence-corrected chi connectivity index (χ4v) is 4.19. The topological polar surface area (TPSA) is 90.0 Å². The molecule has 1 saturated heterocycles. The third-order valence-electron chi connectivity index (χ3n) is 5.76. The van der Waals surface area contributed by atoms with E-state index in [9.17, 15) is 19.2 Å². The average Bonchev–Trinajstić information content (AvgIpc) is 3.14. The van der Waals surface area contributed by atoms with Gasteiger partial charge in [0.15, 0.2) is 5.78 Å². The van der Waals surface area contributed by atoms with Gasteiger partial charge in [-0.2, -0.15) is 0 Å². The number of esters is 1. The van der Waals surface area contributed by atoms with Gasteiger partial charge < -0.3 is 9.47 Å². The fraction of sp³-hybridized carbons (Fsp3) is 0.185. The van der Waals surface area contributed by atoms with Crippen LogP contribution in [-0.2, 0) is 14.3 Å². The molecule has 1 aliphatic rings. The van der Waals surface area contributed by atoms with Crippen LogP contribution in [0.5, 0.6) is 5.75 Å². The van der Waals surface area contributed by atoms with Crippen LogP contribution in [-0.4, -0.2) is 37.2 Å². The summed E-state index contributed by atoms with van der Waals surface area (Å²) >= 11 is 0. The lowest BCUT2D eigenvalue weighted by Crippen LogP contribution is -2.30. The number of nitrogens with zero attached hydrogens (tertiary/aromatic N) is 1. The number of amides is 1. The molecule has 0 N–H and O–H groups in total. The second-order valence-electron chi connectivity index (χ2n) is 7.70. The summed E-state index contributed by atoms with van der Waals surface area (Å²) in [6.45, 7) is 1.95. The van der Waals surface area contributed by atoms with Gasteiger partial charge in [0.1, 0.15) is 11.7 Å². The Hall–Kier alpha value is -4.26. The normalized spacial score (nSPS) is 17.5. The van der Waals surface area contributed by atoms with Crippen molar-refractivity contribution < 1.29 is 28.7 Å². The van der Waals surface area contributed by atoms with E-state index in [4.69, 9.17) is 9.47 Å². The van der Waals surface area contributed by atoms with Crippen LogP contribution >= 0.6 is 0 Å². The highest BCUT2D eigenvalue weighted by atomic mass is 16.5. The van der Waals surface area contributed by atoms with Crippen molar-refractivity contribution in [1.82, 2.24) is 0 Å². The third kappa shape index (κ3) is 4.08. The number of anilines is 1. The van der Waals surface area contributed by atoms with E-state index in [0.29, 0.717) is 22.6 Å². The molecule has 3 aromatic carbocycles. The predicted molar refractivity (Wildman–Crippen MR) is 125 cm³/mol. The number of ether oxygens (including phenoxy) is 2. The van der Waals surface area contributed by atoms with Gasteiger partial charge in [-0.3, -0.25) is 19.3 Å². The molecular weight excluding hydrogens is 434 g/mol. The summed E-state index contributed by atoms with van der Waals surface area (Å²) in [5.41, 5.74) is 1.60. The maximum atomic E-state index is 13.6. The van der Waals surface area contributed by atoms with E-state index in [1.54, 1.807) is 67.6 Å². The molecule has 2 atom stereocenters. The van der Waals surface area contributed by atoms with Crippen molar-refractivity contribution in [3.63, 3.8) is 0 Å². The molecular formula is C27H23NO6. The number of carbonyl (C=O) groups is 4. The zero-order chi connectivity index (χ0) is 24.2. The molecule has 34 heavy (non-hydrogen) atoms. The minimum atomic E-state index is -1.25. The Labute approximate surface area is 196 Å². The Morgan fingerprint density at radius 1 is 0.882 bits per heavy atom. The molecule has 2 unspecified atom stereocenters. The van der Waals surface area contributed by atoms with Crippen molar-refractivity contribution in [3.05, 3.63) is 95.6 Å². The Kier molecular flexibility index (Phi) is 6.54. The summed E-state index contributed by atoms with van der Waals surface area (Å²) in [7, 11) is 1.44. The van der Waals surface area contributed by atoms with Gasteiger partial charge in [-0.1, -0.05) is 42.5 Å². The molecule has 1 fully saturated rings. The summed E-state index contributed by atoms with van der Waals surface area (Å²) in [6.07, 6.45) is 0. The van der Waals surface area contributed by atoms with Crippen molar-refractivity contribution >= 4 is 29.1 Å². The smallest absolute Gasteiger partial charge is 0.338 e. The Morgan fingerprint density at radius 3 is 2.18 bits per heavy atom. The number of Topliss-reactive ketones (excluding diaryl/α,β-unsaturated/α-hetero) is 2. The minimum absolute atomic E-state index is 0.233. The van der Waals surface area contributed by atoms with Crippen LogP contribution in [0.3, 0.4) is 0 Å². The predicted octanol–water partition coefficient (Wildman–Crippen LogP) is 4.03. The van der Waals surface area contributed by atoms with E-state index in [0.717, 1.165) is 0 Å². The zero-order valence-corrected chi connectivity index (χ0v) is 18.8. The molecule has 0 bridgehead atoms. The van der Waals surface area contributed by atoms with E-state index in [-0.39, 0.29) is 12.2 Å². The van der Waals surface area contributed by atoms with Gasteiger partial charge in [0.05, 0.1) is 30.9 Å². The Morgan fingerprint density at radius 2 is 1.53 bits per heavy atom. The molecule has 0 saturated carbocycles. The summed E-state index contributed by atoms with van der Waals surface area (Å²) in [5, 5.41) is 0. The van der Waals surface area contributed by atoms with Gasteiger partial charge in [0.25, 0.3) is 5.91 Å². The van der Waals surface area contributed by atoms with E-state index in [2.05, 4.69) is 0 Å². The van der Waals surface area contributed by atoms with Crippen LogP contribution < -0.4 is 9.64 Å². The SMILES string of the molecule is CCOC(=O)c1ccc(N2C(=O)C(=O)C(C(=O)c3ccccc3OC)C2c2ccccc2)cc1. The van der Waals surface area contributed by atoms with Gasteiger partial charge in [-0.25, -0.2) is 4.79 Å². The van der Waals surface area contributed by atoms with Gasteiger partial charge >= 0.3 is 5.97 Å². The van der Waals surface area contributed by atoms with Crippen LogP contribution in [0.4, 0.5) is 5.69 Å². The second-order valence-corrected chi connectivity index (χ2v) is 7.70. The molecule has 0 aromatic heterocycles. The number of hydrogen-bond donors (Lipinski definition) is 0. The summed E-state index contributed by atoms with van der Waals surface area (Å²) < 4.78 is 10.3. The highest BCUT2D eigenvalue weighted by molar-refractivity contribution is 6.49. The van der Waals surface area contributed by atoms with Crippen molar-refractivity contribution in [3.8, 4) is 5.75 Å². The lowest BCUT2D eigenvalue weighted by Gasteiger charge is -2.27. The maximum absolute atomic E-state index is 13.6. The van der Waals surface area contributed by atoms with Gasteiger partial charge in [0, 0.05) is 5.69 Å². The molecule has 1 heterocycles. The van der Waals surface area contributed by atoms with Gasteiger partial charge in [-0.05, 0) is 48.9 Å². The van der Waals surface area contributed by atoms with Gasteiger partial charge in [0.2, 0.25) is 5.78 Å². The quantitative estimate of drug-likeness (QED) is 0.230. The number of hydrogen-bond acceptors (Lipinski definition) is 6. The molecule has 172 valence electrons. The molecule has 0 spiro atoms. The summed E-state index contributed by atoms with van der Waals surface area (Å²) in [5.74, 6) is -3.48. The summed E-state index contributed by atoms with van der Waals surface area (Å²) in [6, 6.07) is 20.9. The molecule has 7 nitrogen and oxygen atoms in total. The Balaban J connectivity index is 1.79. The average molecular weight is 457 g/mol. The van der Waals surface area contributed by atoms with E-state index >= 15 is 0 Å². The maximum Gasteiger partial charge on any atom is 0.338 e. The molecule has 3 aromatic rings. The number of carbonyl (C=O) groups excluding carboxylic acids is 4. The Bertz CT molecular complexity index is 1240. The van der Waals surface area contributed by atoms with Crippen LogP contribution in [0.25, 0.3) is 0 Å². The molecule has 7 heteroatoms. The lowest BCUT2D eigenvalue weighted by molar-refractivity contribution is -0.135. The lowest BCUT2D eigenvalue weighted by atomic mass is 9.86. The van der Waals surface area contributed by atoms with Crippen LogP contribution in [0.15, 0.2) is 78.9 Å². The molecule has 0 aliphatic carbocycles. The van der Waals surface area contributed by atoms with E-state index < -0.39 is 35.4 Å². The number of rotatable bonds is 7. The molecule has 4 rings (SSSR count). The first-order valence-corrected chi connectivity index (χ1v) is 10.8. The molecule has 0 radical (unpaired) electrons. The zero-order valence-electron chi connectivity index (χ0n) is 18.8. The van der Waals surface area contributed by atoms with E-state index in [1.807, 2.05) is 6.07 Å². The minimum Gasteiger partial charge on any atom is -0.496 e. The number of ketones is 2. The molecule has 1 amide bonds. The van der Waals surface area contributed by atoms with Crippen LogP contribution in [0, 0.1) is 5.92 Å². The van der Waals surface area contributed by atoms with E-state index in [1.165, 1.54) is 24.1 Å². The van der Waals surface area contributed by atoms with Gasteiger partial charge in [-0.15, -0.1) is 0 Å². The van der Waals surface area contributed by atoms with Crippen molar-refractivity contribution in [1.29, 1.82) is 0 Å². The second kappa shape index (κ2) is 9.70.